The number of allylic oxidation sites excluding steroid dienone is 1. The molecule has 0 spiro atoms. The average Bonchev–Trinajstić information content (AvgIpc) is 2.70. The predicted molar refractivity (Wildman–Crippen MR) is 107 cm³/mol. The summed E-state index contributed by atoms with van der Waals surface area (Å²) in [5, 5.41) is 0. The minimum atomic E-state index is -5.82. The normalized spacial score (nSPS) is 15.1. The van der Waals surface area contributed by atoms with Crippen LogP contribution in [0.15, 0.2) is 54.6 Å². The molecule has 0 fully saturated rings. The minimum Gasteiger partial charge on any atom is -0.376 e. The Kier molecular flexibility index (Phi) is 5.87. The number of fused-ring (bicyclic) bond motifs is 1. The summed E-state index contributed by atoms with van der Waals surface area (Å²) in [6.07, 6.45) is 3.84. The molecule has 0 amide bonds. The van der Waals surface area contributed by atoms with Crippen molar-refractivity contribution in [1.82, 2.24) is 0 Å². The number of carbonyl (C=O) groups excluding carboxylic acids is 1. The number of esters is 1. The highest BCUT2D eigenvalue weighted by Gasteiger charge is 2.49. The summed E-state index contributed by atoms with van der Waals surface area (Å²) in [6.45, 7) is 3.73. The van der Waals surface area contributed by atoms with Crippen molar-refractivity contribution < 1.29 is 35.3 Å². The van der Waals surface area contributed by atoms with Crippen molar-refractivity contribution >= 4 is 21.8 Å². The van der Waals surface area contributed by atoms with Crippen LogP contribution < -0.4 is 0 Å². The number of benzene rings is 2. The smallest absolute Gasteiger partial charge is 0.376 e. The third-order valence-electron chi connectivity index (χ3n) is 4.64. The van der Waals surface area contributed by atoms with Crippen LogP contribution in [0.2, 0.25) is 0 Å². The molecule has 0 heterocycles. The van der Waals surface area contributed by atoms with Crippen LogP contribution in [0.25, 0.3) is 5.76 Å². The fraction of sp³-hybridized carbons (Fsp3) is 0.227. The summed E-state index contributed by atoms with van der Waals surface area (Å²) < 4.78 is 70.5. The number of hydrogen-bond acceptors (Lipinski definition) is 5. The quantitative estimate of drug-likeness (QED) is 0.292. The van der Waals surface area contributed by atoms with Crippen LogP contribution in [-0.4, -0.2) is 19.9 Å². The summed E-state index contributed by atoms with van der Waals surface area (Å²) in [6, 6.07) is 12.8. The Balaban J connectivity index is 1.90. The molecular weight excluding hydrogens is 433 g/mol. The maximum atomic E-state index is 12.8. The van der Waals surface area contributed by atoms with Gasteiger partial charge in [-0.1, -0.05) is 38.1 Å². The number of halogens is 3. The van der Waals surface area contributed by atoms with Crippen molar-refractivity contribution in [3.63, 3.8) is 0 Å². The number of hydrogen-bond donors (Lipinski definition) is 0. The SMILES string of the molecule is CC1(C)CC=C(OS(=O)(=O)C(F)(F)F)c2cc(C#COC(=O)c3ccccc3)ccc21. The van der Waals surface area contributed by atoms with Crippen LogP contribution in [0, 0.1) is 12.0 Å². The Morgan fingerprint density at radius 2 is 1.77 bits per heavy atom. The van der Waals surface area contributed by atoms with E-state index in [2.05, 4.69) is 16.2 Å². The number of ether oxygens (including phenoxy) is 1. The van der Waals surface area contributed by atoms with Crippen molar-refractivity contribution in [3.05, 3.63) is 76.9 Å². The Labute approximate surface area is 177 Å². The van der Waals surface area contributed by atoms with Gasteiger partial charge in [-0.05, 0) is 53.7 Å². The lowest BCUT2D eigenvalue weighted by Crippen LogP contribution is -2.27. The van der Waals surface area contributed by atoms with Gasteiger partial charge in [0.15, 0.2) is 0 Å². The van der Waals surface area contributed by atoms with E-state index in [0.29, 0.717) is 16.7 Å². The van der Waals surface area contributed by atoms with E-state index in [9.17, 15) is 26.4 Å². The van der Waals surface area contributed by atoms with E-state index in [1.165, 1.54) is 12.1 Å². The molecule has 2 aromatic rings. The van der Waals surface area contributed by atoms with Gasteiger partial charge in [-0.3, -0.25) is 0 Å². The molecule has 31 heavy (non-hydrogen) atoms. The average molecular weight is 450 g/mol. The highest BCUT2D eigenvalue weighted by Crippen LogP contribution is 2.41. The maximum Gasteiger partial charge on any atom is 0.534 e. The Morgan fingerprint density at radius 1 is 1.10 bits per heavy atom. The van der Waals surface area contributed by atoms with Crippen LogP contribution in [-0.2, 0) is 24.5 Å². The van der Waals surface area contributed by atoms with E-state index >= 15 is 0 Å². The molecule has 0 aliphatic heterocycles. The van der Waals surface area contributed by atoms with Crippen LogP contribution in [0.4, 0.5) is 13.2 Å². The van der Waals surface area contributed by atoms with Gasteiger partial charge in [0, 0.05) is 11.1 Å². The molecule has 9 heteroatoms. The first-order valence-electron chi connectivity index (χ1n) is 9.04. The van der Waals surface area contributed by atoms with Crippen LogP contribution in [0.3, 0.4) is 0 Å². The Bertz CT molecular complexity index is 1200. The second-order valence-electron chi connectivity index (χ2n) is 7.38. The molecule has 0 bridgehead atoms. The van der Waals surface area contributed by atoms with Crippen molar-refractivity contribution in [2.45, 2.75) is 31.2 Å². The van der Waals surface area contributed by atoms with E-state index in [1.807, 2.05) is 13.8 Å². The van der Waals surface area contributed by atoms with Crippen LogP contribution in [0.5, 0.6) is 0 Å². The zero-order valence-corrected chi connectivity index (χ0v) is 17.3. The summed E-state index contributed by atoms with van der Waals surface area (Å²) >= 11 is 0. The monoisotopic (exact) mass is 450 g/mol. The van der Waals surface area contributed by atoms with Gasteiger partial charge < -0.3 is 8.92 Å². The molecule has 2 aromatic carbocycles. The number of rotatable bonds is 3. The fourth-order valence-corrected chi connectivity index (χ4v) is 3.48. The van der Waals surface area contributed by atoms with E-state index in [0.717, 1.165) is 0 Å². The zero-order valence-electron chi connectivity index (χ0n) is 16.5. The van der Waals surface area contributed by atoms with Crippen molar-refractivity contribution in [2.24, 2.45) is 0 Å². The lowest BCUT2D eigenvalue weighted by molar-refractivity contribution is -0.0509. The zero-order chi connectivity index (χ0) is 22.9. The fourth-order valence-electron chi connectivity index (χ4n) is 2.99. The third-order valence-corrected chi connectivity index (χ3v) is 5.61. The minimum absolute atomic E-state index is 0.172. The second kappa shape index (κ2) is 8.12. The largest absolute Gasteiger partial charge is 0.534 e. The first kappa shape index (κ1) is 22.4. The van der Waals surface area contributed by atoms with Crippen LogP contribution in [0.1, 0.15) is 47.3 Å². The third kappa shape index (κ3) is 4.91. The van der Waals surface area contributed by atoms with Gasteiger partial charge in [-0.15, -0.1) is 0 Å². The van der Waals surface area contributed by atoms with Crippen molar-refractivity contribution in [2.75, 3.05) is 0 Å². The molecule has 1 aliphatic rings. The van der Waals surface area contributed by atoms with Crippen molar-refractivity contribution in [3.8, 4) is 12.0 Å². The predicted octanol–water partition coefficient (Wildman–Crippen LogP) is 4.74. The Morgan fingerprint density at radius 3 is 2.42 bits per heavy atom. The molecule has 0 saturated heterocycles. The molecule has 5 nitrogen and oxygen atoms in total. The standard InChI is InChI=1S/C22H17F3O5S/c1-21(2)12-10-19(30-31(27,28)22(23,24)25)17-14-15(8-9-18(17)21)11-13-29-20(26)16-6-4-3-5-7-16/h3-10,14H,12H2,1-2H3. The van der Waals surface area contributed by atoms with Gasteiger partial charge in [0.05, 0.1) is 5.56 Å². The molecule has 0 aromatic heterocycles. The highest BCUT2D eigenvalue weighted by molar-refractivity contribution is 7.87. The van der Waals surface area contributed by atoms with Gasteiger partial charge in [0.1, 0.15) is 11.9 Å². The molecule has 0 radical (unpaired) electrons. The van der Waals surface area contributed by atoms with Gasteiger partial charge in [-0.25, -0.2) is 4.79 Å². The van der Waals surface area contributed by atoms with Gasteiger partial charge in [-0.2, -0.15) is 21.6 Å². The number of carbonyl (C=O) groups is 1. The molecule has 0 N–H and O–H groups in total. The molecule has 162 valence electrons. The van der Waals surface area contributed by atoms with E-state index in [4.69, 9.17) is 4.74 Å². The van der Waals surface area contributed by atoms with Crippen LogP contribution >= 0.6 is 0 Å². The maximum absolute atomic E-state index is 12.8. The second-order valence-corrected chi connectivity index (χ2v) is 8.92. The van der Waals surface area contributed by atoms with E-state index < -0.39 is 32.8 Å². The molecule has 3 rings (SSSR count). The molecule has 0 saturated carbocycles. The topological polar surface area (TPSA) is 69.7 Å². The van der Waals surface area contributed by atoms with Gasteiger partial charge >= 0.3 is 21.6 Å². The molecule has 1 aliphatic carbocycles. The lowest BCUT2D eigenvalue weighted by Gasteiger charge is -2.31. The summed E-state index contributed by atoms with van der Waals surface area (Å²) in [7, 11) is -5.82. The highest BCUT2D eigenvalue weighted by atomic mass is 32.2. The summed E-state index contributed by atoms with van der Waals surface area (Å²) in [5.74, 6) is 1.51. The number of alkyl halides is 3. The molecule has 0 atom stereocenters. The lowest BCUT2D eigenvalue weighted by atomic mass is 9.75. The van der Waals surface area contributed by atoms with Gasteiger partial charge in [0.25, 0.3) is 0 Å². The summed E-state index contributed by atoms with van der Waals surface area (Å²) in [4.78, 5) is 11.9. The first-order valence-corrected chi connectivity index (χ1v) is 10.4. The molecule has 0 unspecified atom stereocenters. The van der Waals surface area contributed by atoms with Gasteiger partial charge in [0.2, 0.25) is 0 Å². The van der Waals surface area contributed by atoms with Crippen molar-refractivity contribution in [1.29, 1.82) is 0 Å². The first-order chi connectivity index (χ1) is 14.4. The van der Waals surface area contributed by atoms with E-state index in [-0.39, 0.29) is 12.0 Å². The summed E-state index contributed by atoms with van der Waals surface area (Å²) in [5.41, 5.74) is -4.63. The Hall–Kier alpha value is -3.25. The van der Waals surface area contributed by atoms with E-state index in [1.54, 1.807) is 42.5 Å². The molecular formula is C22H17F3O5S.